The molecule has 0 heterocycles. The summed E-state index contributed by atoms with van der Waals surface area (Å²) in [4.78, 5) is 0. The van der Waals surface area contributed by atoms with Crippen LogP contribution in [0.15, 0.2) is 18.2 Å². The van der Waals surface area contributed by atoms with Gasteiger partial charge in [0, 0.05) is 0 Å². The molecule has 0 aliphatic carbocycles. The zero-order chi connectivity index (χ0) is 7.56. The third-order valence-electron chi connectivity index (χ3n) is 1.27. The van der Waals surface area contributed by atoms with Gasteiger partial charge in [-0.1, -0.05) is 0 Å². The van der Waals surface area contributed by atoms with Gasteiger partial charge in [-0.15, -0.1) is 0 Å². The van der Waals surface area contributed by atoms with E-state index in [9.17, 15) is 0 Å². The molecule has 0 saturated heterocycles. The van der Waals surface area contributed by atoms with Gasteiger partial charge in [0.05, 0.1) is 0 Å². The number of halogens is 3. The van der Waals surface area contributed by atoms with Crippen LogP contribution in [0.5, 0.6) is 0 Å². The minimum atomic E-state index is 0. The minimum absolute atomic E-state index is 0. The van der Waals surface area contributed by atoms with E-state index in [0.717, 1.165) is 4.55 Å². The third kappa shape index (κ3) is 3.51. The van der Waals surface area contributed by atoms with E-state index in [-0.39, 0.29) is 17.0 Å². The summed E-state index contributed by atoms with van der Waals surface area (Å²) in [7, 11) is 0. The molecule has 0 N–H and O–H groups in total. The molecule has 0 atom stereocenters. The molecule has 0 aliphatic rings. The number of rotatable bonds is 1. The van der Waals surface area contributed by atoms with Gasteiger partial charge >= 0.3 is 83.3 Å². The molecule has 0 aliphatic heterocycles. The van der Waals surface area contributed by atoms with Crippen LogP contribution in [0.25, 0.3) is 0 Å². The topological polar surface area (TPSA) is 0 Å². The second-order valence-electron chi connectivity index (χ2n) is 2.00. The van der Waals surface area contributed by atoms with E-state index in [1.165, 1.54) is 5.56 Å². The first-order chi connectivity index (χ1) is 4.74. The Morgan fingerprint density at radius 2 is 1.82 bits per heavy atom. The van der Waals surface area contributed by atoms with Crippen LogP contribution < -0.4 is 17.0 Å². The Hall–Kier alpha value is 1.05. The van der Waals surface area contributed by atoms with Gasteiger partial charge in [-0.25, -0.2) is 0 Å². The molecule has 0 bridgehead atoms. The average molecular weight is 264 g/mol. The molecule has 11 heavy (non-hydrogen) atoms. The molecular weight excluding hydrogens is 259 g/mol. The zero-order valence-corrected chi connectivity index (χ0v) is 10.3. The van der Waals surface area contributed by atoms with Crippen molar-refractivity contribution in [2.24, 2.45) is 0 Å². The first-order valence-corrected chi connectivity index (χ1v) is 4.73. The second-order valence-corrected chi connectivity index (χ2v) is 3.31. The van der Waals surface area contributed by atoms with Gasteiger partial charge in [-0.2, -0.15) is 0 Å². The molecule has 0 saturated carbocycles. The standard InChI is InChI=1S/C7H5Cl2.BrH.Mg/c1-5-2-3-6(8)7(9)4-5;;/h2-4H,1H2;1H;/q;;+1/p-1. The summed E-state index contributed by atoms with van der Waals surface area (Å²) in [6.45, 7) is 0. The fraction of sp³-hybridized carbons (Fsp3) is 0.143. The molecule has 4 heteroatoms. The Kier molecular flexibility index (Phi) is 6.19. The van der Waals surface area contributed by atoms with Crippen LogP contribution >= 0.6 is 23.2 Å². The fourth-order valence-corrected chi connectivity index (χ4v) is 1.33. The molecule has 1 aromatic rings. The third-order valence-corrected chi connectivity index (χ3v) is 2.59. The predicted molar refractivity (Wildman–Crippen MR) is 45.9 cm³/mol. The first kappa shape index (κ1) is 12.0. The molecule has 0 aromatic heterocycles. The summed E-state index contributed by atoms with van der Waals surface area (Å²) in [6.07, 6.45) is 0. The van der Waals surface area contributed by atoms with Crippen molar-refractivity contribution < 1.29 is 17.0 Å². The summed E-state index contributed by atoms with van der Waals surface area (Å²) in [5, 5.41) is 1.27. The molecule has 0 nitrogen and oxygen atoms in total. The molecule has 0 spiro atoms. The van der Waals surface area contributed by atoms with Crippen LogP contribution in [0.2, 0.25) is 10.0 Å². The van der Waals surface area contributed by atoms with Crippen molar-refractivity contribution in [3.05, 3.63) is 33.8 Å². The molecule has 0 radical (unpaired) electrons. The van der Waals surface area contributed by atoms with E-state index in [0.29, 0.717) is 10.0 Å². The monoisotopic (exact) mass is 262 g/mol. The van der Waals surface area contributed by atoms with Crippen LogP contribution in [0.1, 0.15) is 5.56 Å². The number of benzene rings is 1. The summed E-state index contributed by atoms with van der Waals surface area (Å²) >= 11 is 13.4. The molecule has 0 fully saturated rings. The van der Waals surface area contributed by atoms with Crippen molar-refractivity contribution in [2.45, 2.75) is 4.55 Å². The zero-order valence-electron chi connectivity index (χ0n) is 5.78. The van der Waals surface area contributed by atoms with Gasteiger partial charge in [0.15, 0.2) is 0 Å². The van der Waals surface area contributed by atoms with E-state index in [1.54, 1.807) is 0 Å². The van der Waals surface area contributed by atoms with E-state index < -0.39 is 0 Å². The van der Waals surface area contributed by atoms with Gasteiger partial charge in [0.1, 0.15) is 0 Å². The van der Waals surface area contributed by atoms with Gasteiger partial charge in [0.25, 0.3) is 0 Å². The fourth-order valence-electron chi connectivity index (χ4n) is 0.695. The van der Waals surface area contributed by atoms with Gasteiger partial charge in [-0.05, 0) is 0 Å². The molecule has 0 unspecified atom stereocenters. The molecule has 0 amide bonds. The summed E-state index contributed by atoms with van der Waals surface area (Å²) in [5.74, 6) is 0. The van der Waals surface area contributed by atoms with Crippen LogP contribution in [-0.2, 0) is 4.55 Å². The van der Waals surface area contributed by atoms with E-state index in [2.05, 4.69) is 0 Å². The van der Waals surface area contributed by atoms with Gasteiger partial charge in [-0.3, -0.25) is 0 Å². The van der Waals surface area contributed by atoms with Crippen molar-refractivity contribution in [2.75, 3.05) is 0 Å². The SMILES string of the molecule is [Br-].[Mg+][CH2]c1ccc(Cl)c(Cl)c1. The maximum absolute atomic E-state index is 5.76. The first-order valence-electron chi connectivity index (χ1n) is 2.97. The average Bonchev–Trinajstić information content (AvgIpc) is 1.95. The van der Waals surface area contributed by atoms with Crippen LogP contribution in [0, 0.1) is 0 Å². The van der Waals surface area contributed by atoms with Crippen molar-refractivity contribution in [1.29, 1.82) is 0 Å². The maximum atomic E-state index is 5.76. The predicted octanol–water partition coefficient (Wildman–Crippen LogP) is -0.334. The number of hydrogen-bond acceptors (Lipinski definition) is 0. The molecule has 1 aromatic carbocycles. The molecular formula is C7H5BrCl2Mg. The van der Waals surface area contributed by atoms with E-state index in [4.69, 9.17) is 23.2 Å². The molecule has 56 valence electrons. The van der Waals surface area contributed by atoms with Crippen molar-refractivity contribution in [3.63, 3.8) is 0 Å². The van der Waals surface area contributed by atoms with Crippen LogP contribution in [-0.4, -0.2) is 21.7 Å². The Balaban J connectivity index is 0.000001000. The molecule has 1 rings (SSSR count). The Bertz CT molecular complexity index is 240. The summed E-state index contributed by atoms with van der Waals surface area (Å²) in [6, 6.07) is 5.71. The van der Waals surface area contributed by atoms with Crippen LogP contribution in [0.3, 0.4) is 0 Å². The summed E-state index contributed by atoms with van der Waals surface area (Å²) < 4.78 is 1.02. The Morgan fingerprint density at radius 3 is 2.27 bits per heavy atom. The summed E-state index contributed by atoms with van der Waals surface area (Å²) in [5.41, 5.74) is 1.23. The number of hydrogen-bond donors (Lipinski definition) is 0. The Labute approximate surface area is 99.5 Å². The van der Waals surface area contributed by atoms with Crippen molar-refractivity contribution in [3.8, 4) is 0 Å². The van der Waals surface area contributed by atoms with E-state index >= 15 is 0 Å². The van der Waals surface area contributed by atoms with E-state index in [1.807, 2.05) is 39.9 Å². The normalized spacial score (nSPS) is 9.09. The van der Waals surface area contributed by atoms with Crippen LogP contribution in [0.4, 0.5) is 0 Å². The van der Waals surface area contributed by atoms with Gasteiger partial charge < -0.3 is 17.0 Å². The van der Waals surface area contributed by atoms with Crippen molar-refractivity contribution >= 4 is 44.9 Å². The Morgan fingerprint density at radius 1 is 1.18 bits per heavy atom. The second kappa shape index (κ2) is 5.65. The van der Waals surface area contributed by atoms with Crippen molar-refractivity contribution in [1.82, 2.24) is 0 Å². The van der Waals surface area contributed by atoms with Gasteiger partial charge in [0.2, 0.25) is 0 Å². The quantitative estimate of drug-likeness (QED) is 0.609.